The minimum absolute atomic E-state index is 0.0848. The highest BCUT2D eigenvalue weighted by Crippen LogP contribution is 2.17. The summed E-state index contributed by atoms with van der Waals surface area (Å²) in [5.41, 5.74) is -0.133. The molecule has 3 N–H and O–H groups in total. The van der Waals surface area contributed by atoms with Crippen molar-refractivity contribution in [2.24, 2.45) is 17.3 Å². The molecular weight excluding hydrogens is 272 g/mol. The number of carboxylic acid groups (broad SMARTS) is 1. The largest absolute Gasteiger partial charge is 0.481 e. The van der Waals surface area contributed by atoms with E-state index in [1.807, 2.05) is 34.6 Å². The van der Waals surface area contributed by atoms with Crippen molar-refractivity contribution in [3.05, 3.63) is 0 Å². The molecule has 6 nitrogen and oxygen atoms in total. The molecule has 1 unspecified atom stereocenters. The van der Waals surface area contributed by atoms with E-state index in [0.29, 0.717) is 12.8 Å². The van der Waals surface area contributed by atoms with Crippen molar-refractivity contribution < 1.29 is 19.5 Å². The van der Waals surface area contributed by atoms with Gasteiger partial charge in [0.1, 0.15) is 0 Å². The molecule has 0 saturated heterocycles. The highest BCUT2D eigenvalue weighted by molar-refractivity contribution is 5.85. The van der Waals surface area contributed by atoms with E-state index in [9.17, 15) is 14.4 Å². The number of hydrogen-bond donors (Lipinski definition) is 3. The summed E-state index contributed by atoms with van der Waals surface area (Å²) in [6.45, 7) is 9.65. The van der Waals surface area contributed by atoms with Crippen LogP contribution >= 0.6 is 0 Å². The number of carboxylic acids is 1. The molecule has 0 rings (SSSR count). The predicted molar refractivity (Wildman–Crippen MR) is 80.7 cm³/mol. The number of carbonyl (C=O) groups is 3. The van der Waals surface area contributed by atoms with E-state index in [1.54, 1.807) is 0 Å². The molecule has 2 amide bonds. The maximum atomic E-state index is 11.6. The number of aliphatic carboxylic acids is 1. The Morgan fingerprint density at radius 2 is 1.62 bits per heavy atom. The Morgan fingerprint density at radius 3 is 2.05 bits per heavy atom. The standard InChI is InChI=1S/C15H28N2O4/c1-10(2)6-11(14(20)21)8-16-13(19)9-17-12(18)7-15(3,4)5/h10-11H,6-9H2,1-5H3,(H,16,19)(H,17,18)(H,20,21). The van der Waals surface area contributed by atoms with Crippen LogP contribution in [0.1, 0.15) is 47.5 Å². The summed E-state index contributed by atoms with van der Waals surface area (Å²) in [4.78, 5) is 34.2. The molecule has 0 aromatic carbocycles. The Labute approximate surface area is 126 Å². The number of nitrogens with one attached hydrogen (secondary N) is 2. The maximum Gasteiger partial charge on any atom is 0.308 e. The second-order valence-corrected chi connectivity index (χ2v) is 6.98. The van der Waals surface area contributed by atoms with Gasteiger partial charge in [-0.2, -0.15) is 0 Å². The molecular formula is C15H28N2O4. The van der Waals surface area contributed by atoms with Crippen molar-refractivity contribution in [1.82, 2.24) is 10.6 Å². The molecule has 0 fully saturated rings. The van der Waals surface area contributed by atoms with Crippen LogP contribution in [0.25, 0.3) is 0 Å². The van der Waals surface area contributed by atoms with E-state index in [1.165, 1.54) is 0 Å². The zero-order valence-electron chi connectivity index (χ0n) is 13.7. The normalized spacial score (nSPS) is 12.9. The molecule has 0 aromatic rings. The van der Waals surface area contributed by atoms with Crippen molar-refractivity contribution in [1.29, 1.82) is 0 Å². The molecule has 122 valence electrons. The Hall–Kier alpha value is -1.59. The first-order valence-corrected chi connectivity index (χ1v) is 7.27. The molecule has 1 atom stereocenters. The van der Waals surface area contributed by atoms with E-state index >= 15 is 0 Å². The van der Waals surface area contributed by atoms with Gasteiger partial charge < -0.3 is 15.7 Å². The number of carbonyl (C=O) groups excluding carboxylic acids is 2. The molecule has 0 aliphatic carbocycles. The Bertz CT molecular complexity index is 372. The second-order valence-electron chi connectivity index (χ2n) is 6.98. The lowest BCUT2D eigenvalue weighted by molar-refractivity contribution is -0.142. The molecule has 0 aromatic heterocycles. The minimum atomic E-state index is -0.916. The third-order valence-corrected chi connectivity index (χ3v) is 2.79. The van der Waals surface area contributed by atoms with Gasteiger partial charge in [-0.3, -0.25) is 14.4 Å². The van der Waals surface area contributed by atoms with Gasteiger partial charge in [-0.15, -0.1) is 0 Å². The van der Waals surface area contributed by atoms with Crippen LogP contribution in [0.4, 0.5) is 0 Å². The Balaban J connectivity index is 4.09. The fourth-order valence-corrected chi connectivity index (χ4v) is 1.86. The van der Waals surface area contributed by atoms with Gasteiger partial charge in [0.15, 0.2) is 0 Å². The van der Waals surface area contributed by atoms with Crippen LogP contribution in [0.3, 0.4) is 0 Å². The predicted octanol–water partition coefficient (Wildman–Crippen LogP) is 1.40. The van der Waals surface area contributed by atoms with Crippen molar-refractivity contribution in [3.63, 3.8) is 0 Å². The van der Waals surface area contributed by atoms with Gasteiger partial charge in [-0.1, -0.05) is 34.6 Å². The van der Waals surface area contributed by atoms with Crippen LogP contribution in [0, 0.1) is 17.3 Å². The monoisotopic (exact) mass is 300 g/mol. The number of hydrogen-bond acceptors (Lipinski definition) is 3. The zero-order chi connectivity index (χ0) is 16.6. The summed E-state index contributed by atoms with van der Waals surface area (Å²) in [5.74, 6) is -1.82. The van der Waals surface area contributed by atoms with Crippen LogP contribution in [-0.2, 0) is 14.4 Å². The summed E-state index contributed by atoms with van der Waals surface area (Å²) >= 11 is 0. The molecule has 0 radical (unpaired) electrons. The fraction of sp³-hybridized carbons (Fsp3) is 0.800. The summed E-state index contributed by atoms with van der Waals surface area (Å²) in [5, 5.41) is 14.1. The van der Waals surface area contributed by atoms with E-state index in [-0.39, 0.29) is 36.2 Å². The average Bonchev–Trinajstić information content (AvgIpc) is 2.28. The second kappa shape index (κ2) is 8.64. The molecule has 0 saturated carbocycles. The van der Waals surface area contributed by atoms with Gasteiger partial charge in [0.05, 0.1) is 12.5 Å². The minimum Gasteiger partial charge on any atom is -0.481 e. The summed E-state index contributed by atoms with van der Waals surface area (Å²) in [6, 6.07) is 0. The SMILES string of the molecule is CC(C)CC(CNC(=O)CNC(=O)CC(C)(C)C)C(=O)O. The molecule has 0 aliphatic heterocycles. The first-order chi connectivity index (χ1) is 9.51. The van der Waals surface area contributed by atoms with E-state index in [4.69, 9.17) is 5.11 Å². The van der Waals surface area contributed by atoms with Gasteiger partial charge in [0, 0.05) is 13.0 Å². The van der Waals surface area contributed by atoms with Gasteiger partial charge in [-0.05, 0) is 17.8 Å². The van der Waals surface area contributed by atoms with Gasteiger partial charge >= 0.3 is 5.97 Å². The third-order valence-electron chi connectivity index (χ3n) is 2.79. The van der Waals surface area contributed by atoms with Crippen molar-refractivity contribution in [2.75, 3.05) is 13.1 Å². The van der Waals surface area contributed by atoms with Crippen LogP contribution in [0.2, 0.25) is 0 Å². The molecule has 0 bridgehead atoms. The molecule has 0 aliphatic rings. The van der Waals surface area contributed by atoms with Gasteiger partial charge in [-0.25, -0.2) is 0 Å². The smallest absolute Gasteiger partial charge is 0.308 e. The molecule has 21 heavy (non-hydrogen) atoms. The van der Waals surface area contributed by atoms with Crippen molar-refractivity contribution >= 4 is 17.8 Å². The maximum absolute atomic E-state index is 11.6. The van der Waals surface area contributed by atoms with Crippen LogP contribution in [0.15, 0.2) is 0 Å². The van der Waals surface area contributed by atoms with Gasteiger partial charge in [0.25, 0.3) is 0 Å². The highest BCUT2D eigenvalue weighted by atomic mass is 16.4. The zero-order valence-corrected chi connectivity index (χ0v) is 13.7. The fourth-order valence-electron chi connectivity index (χ4n) is 1.86. The van der Waals surface area contributed by atoms with Crippen molar-refractivity contribution in [3.8, 4) is 0 Å². The average molecular weight is 300 g/mol. The highest BCUT2D eigenvalue weighted by Gasteiger charge is 2.20. The van der Waals surface area contributed by atoms with Gasteiger partial charge in [0.2, 0.25) is 11.8 Å². The summed E-state index contributed by atoms with van der Waals surface area (Å²) in [7, 11) is 0. The molecule has 6 heteroatoms. The molecule has 0 spiro atoms. The van der Waals surface area contributed by atoms with Crippen LogP contribution < -0.4 is 10.6 Å². The summed E-state index contributed by atoms with van der Waals surface area (Å²) in [6.07, 6.45) is 0.845. The first kappa shape index (κ1) is 19.4. The van der Waals surface area contributed by atoms with Crippen molar-refractivity contribution in [2.45, 2.75) is 47.5 Å². The van der Waals surface area contributed by atoms with E-state index < -0.39 is 11.9 Å². The lowest BCUT2D eigenvalue weighted by Gasteiger charge is -2.18. The lowest BCUT2D eigenvalue weighted by Crippen LogP contribution is -2.41. The number of rotatable bonds is 8. The number of amides is 2. The first-order valence-electron chi connectivity index (χ1n) is 7.27. The topological polar surface area (TPSA) is 95.5 Å². The third kappa shape index (κ3) is 10.8. The van der Waals surface area contributed by atoms with E-state index in [2.05, 4.69) is 10.6 Å². The Kier molecular flexibility index (Phi) is 7.99. The lowest BCUT2D eigenvalue weighted by atomic mass is 9.92. The van der Waals surface area contributed by atoms with Crippen LogP contribution in [0.5, 0.6) is 0 Å². The Morgan fingerprint density at radius 1 is 1.05 bits per heavy atom. The summed E-state index contributed by atoms with van der Waals surface area (Å²) < 4.78 is 0. The molecule has 0 heterocycles. The quantitative estimate of drug-likeness (QED) is 0.631. The van der Waals surface area contributed by atoms with E-state index in [0.717, 1.165) is 0 Å². The van der Waals surface area contributed by atoms with Crippen LogP contribution in [-0.4, -0.2) is 36.0 Å².